The lowest BCUT2D eigenvalue weighted by molar-refractivity contribution is -0.137. The van der Waals surface area contributed by atoms with E-state index in [9.17, 15) is 13.2 Å². The van der Waals surface area contributed by atoms with Gasteiger partial charge in [-0.15, -0.1) is 0 Å². The lowest BCUT2D eigenvalue weighted by atomic mass is 10.3. The van der Waals surface area contributed by atoms with Crippen LogP contribution < -0.4 is 10.5 Å². The second-order valence-electron chi connectivity index (χ2n) is 3.79. The van der Waals surface area contributed by atoms with Gasteiger partial charge in [0.05, 0.1) is 11.3 Å². The molecule has 1 aromatic carbocycles. The molecule has 0 atom stereocenters. The van der Waals surface area contributed by atoms with Gasteiger partial charge in [0.25, 0.3) is 0 Å². The van der Waals surface area contributed by atoms with Crippen molar-refractivity contribution in [1.82, 2.24) is 4.98 Å². The van der Waals surface area contributed by atoms with Gasteiger partial charge in [0, 0.05) is 11.2 Å². The van der Waals surface area contributed by atoms with E-state index < -0.39 is 11.7 Å². The topological polar surface area (TPSA) is 48.1 Å². The zero-order valence-electron chi connectivity index (χ0n) is 9.71. The molecule has 106 valence electrons. The van der Waals surface area contributed by atoms with E-state index in [1.54, 1.807) is 0 Å². The third-order valence-corrected chi connectivity index (χ3v) is 2.82. The van der Waals surface area contributed by atoms with Crippen LogP contribution in [0.2, 0.25) is 10.0 Å². The van der Waals surface area contributed by atoms with Crippen LogP contribution in [0.25, 0.3) is 0 Å². The van der Waals surface area contributed by atoms with Crippen LogP contribution in [0.15, 0.2) is 30.5 Å². The Morgan fingerprint density at radius 2 is 1.85 bits per heavy atom. The molecule has 0 amide bonds. The lowest BCUT2D eigenvalue weighted by Crippen LogP contribution is -2.06. The Kier molecular flexibility index (Phi) is 3.96. The molecule has 8 heteroatoms. The van der Waals surface area contributed by atoms with Gasteiger partial charge in [0.1, 0.15) is 5.02 Å². The highest BCUT2D eigenvalue weighted by atomic mass is 35.5. The fourth-order valence-corrected chi connectivity index (χ4v) is 1.76. The number of anilines is 1. The molecule has 2 N–H and O–H groups in total. The monoisotopic (exact) mass is 322 g/mol. The zero-order chi connectivity index (χ0) is 14.9. The number of benzene rings is 1. The molecule has 0 aliphatic carbocycles. The van der Waals surface area contributed by atoms with Gasteiger partial charge < -0.3 is 10.5 Å². The summed E-state index contributed by atoms with van der Waals surface area (Å²) >= 11 is 11.4. The van der Waals surface area contributed by atoms with Crippen LogP contribution in [0.4, 0.5) is 18.9 Å². The Balaban J connectivity index is 2.30. The van der Waals surface area contributed by atoms with Gasteiger partial charge >= 0.3 is 6.18 Å². The molecule has 0 aliphatic rings. The summed E-state index contributed by atoms with van der Waals surface area (Å²) in [7, 11) is 0. The predicted molar refractivity (Wildman–Crippen MR) is 70.2 cm³/mol. The van der Waals surface area contributed by atoms with Gasteiger partial charge in [0.15, 0.2) is 5.75 Å². The maximum Gasteiger partial charge on any atom is 0.417 e. The van der Waals surface area contributed by atoms with Crippen LogP contribution in [0, 0.1) is 0 Å². The Morgan fingerprint density at radius 3 is 2.40 bits per heavy atom. The molecule has 1 heterocycles. The Morgan fingerprint density at radius 1 is 1.15 bits per heavy atom. The summed E-state index contributed by atoms with van der Waals surface area (Å²) in [5, 5.41) is 0.135. The molecule has 2 aromatic rings. The standard InChI is InChI=1S/C12H7Cl2F3N2O/c13-7-1-2-10(9(18)4-7)20-11-8(14)3-6(5-19-11)12(15,16)17/h1-5H,18H2. The first-order valence-corrected chi connectivity index (χ1v) is 5.98. The smallest absolute Gasteiger partial charge is 0.417 e. The minimum atomic E-state index is -4.52. The van der Waals surface area contributed by atoms with Crippen molar-refractivity contribution in [1.29, 1.82) is 0 Å². The SMILES string of the molecule is Nc1cc(Cl)ccc1Oc1ncc(C(F)(F)F)cc1Cl. The highest BCUT2D eigenvalue weighted by molar-refractivity contribution is 6.32. The third-order valence-electron chi connectivity index (χ3n) is 2.31. The molecule has 20 heavy (non-hydrogen) atoms. The summed E-state index contributed by atoms with van der Waals surface area (Å²) in [6, 6.07) is 5.16. The van der Waals surface area contributed by atoms with Crippen molar-refractivity contribution in [3.63, 3.8) is 0 Å². The average Bonchev–Trinajstić information content (AvgIpc) is 2.33. The second kappa shape index (κ2) is 5.38. The van der Waals surface area contributed by atoms with Crippen molar-refractivity contribution in [2.75, 3.05) is 5.73 Å². The van der Waals surface area contributed by atoms with Crippen molar-refractivity contribution >= 4 is 28.9 Å². The van der Waals surface area contributed by atoms with E-state index in [0.29, 0.717) is 11.2 Å². The molecule has 0 bridgehead atoms. The van der Waals surface area contributed by atoms with E-state index in [0.717, 1.165) is 6.07 Å². The molecule has 0 unspecified atom stereocenters. The highest BCUT2D eigenvalue weighted by Crippen LogP contribution is 2.36. The zero-order valence-corrected chi connectivity index (χ0v) is 11.2. The van der Waals surface area contributed by atoms with Crippen molar-refractivity contribution in [2.45, 2.75) is 6.18 Å². The molecule has 1 aromatic heterocycles. The van der Waals surface area contributed by atoms with Gasteiger partial charge in [-0.05, 0) is 24.3 Å². The molecule has 0 spiro atoms. The number of nitrogens with two attached hydrogens (primary N) is 1. The number of hydrogen-bond acceptors (Lipinski definition) is 3. The molecule has 0 aliphatic heterocycles. The number of pyridine rings is 1. The van der Waals surface area contributed by atoms with Gasteiger partial charge in [-0.25, -0.2) is 4.98 Å². The van der Waals surface area contributed by atoms with Gasteiger partial charge in [-0.1, -0.05) is 23.2 Å². The second-order valence-corrected chi connectivity index (χ2v) is 4.64. The van der Waals surface area contributed by atoms with E-state index in [1.807, 2.05) is 0 Å². The number of nitrogens with zero attached hydrogens (tertiary/aromatic N) is 1. The summed E-state index contributed by atoms with van der Waals surface area (Å²) < 4.78 is 42.7. The number of rotatable bonds is 2. The maximum absolute atomic E-state index is 12.5. The van der Waals surface area contributed by atoms with E-state index in [2.05, 4.69) is 4.98 Å². The van der Waals surface area contributed by atoms with E-state index in [-0.39, 0.29) is 22.3 Å². The lowest BCUT2D eigenvalue weighted by Gasteiger charge is -2.11. The van der Waals surface area contributed by atoms with E-state index in [1.165, 1.54) is 18.2 Å². The predicted octanol–water partition coefficient (Wildman–Crippen LogP) is 4.78. The number of halogens is 5. The largest absolute Gasteiger partial charge is 0.435 e. The summed E-state index contributed by atoms with van der Waals surface area (Å²) in [5.74, 6) is 0.0252. The van der Waals surface area contributed by atoms with Crippen LogP contribution >= 0.6 is 23.2 Å². The first kappa shape index (κ1) is 14.7. The number of ether oxygens (including phenoxy) is 1. The quantitative estimate of drug-likeness (QED) is 0.809. The first-order valence-electron chi connectivity index (χ1n) is 5.23. The fourth-order valence-electron chi connectivity index (χ4n) is 1.37. The minimum Gasteiger partial charge on any atom is -0.435 e. The highest BCUT2D eigenvalue weighted by Gasteiger charge is 2.31. The van der Waals surface area contributed by atoms with Crippen LogP contribution in [0.3, 0.4) is 0 Å². The van der Waals surface area contributed by atoms with Crippen LogP contribution in [-0.4, -0.2) is 4.98 Å². The summed E-state index contributed by atoms with van der Waals surface area (Å²) in [6.07, 6.45) is -3.89. The fraction of sp³-hybridized carbons (Fsp3) is 0.0833. The molecular weight excluding hydrogens is 316 g/mol. The summed E-state index contributed by atoms with van der Waals surface area (Å²) in [6.45, 7) is 0. The van der Waals surface area contributed by atoms with Gasteiger partial charge in [0.2, 0.25) is 5.88 Å². The molecule has 0 saturated carbocycles. The number of alkyl halides is 3. The van der Waals surface area contributed by atoms with Crippen molar-refractivity contribution < 1.29 is 17.9 Å². The Labute approximate surface area is 122 Å². The molecular formula is C12H7Cl2F3N2O. The molecule has 3 nitrogen and oxygen atoms in total. The minimum absolute atomic E-state index is 0.173. The van der Waals surface area contributed by atoms with Crippen LogP contribution in [-0.2, 0) is 6.18 Å². The van der Waals surface area contributed by atoms with Gasteiger partial charge in [-0.2, -0.15) is 13.2 Å². The van der Waals surface area contributed by atoms with Crippen LogP contribution in [0.5, 0.6) is 11.6 Å². The molecule has 2 rings (SSSR count). The molecule has 0 saturated heterocycles. The molecule has 0 radical (unpaired) electrons. The van der Waals surface area contributed by atoms with Crippen molar-refractivity contribution in [3.8, 4) is 11.6 Å². The van der Waals surface area contributed by atoms with Crippen molar-refractivity contribution in [2.24, 2.45) is 0 Å². The first-order chi connectivity index (χ1) is 9.27. The van der Waals surface area contributed by atoms with Crippen LogP contribution in [0.1, 0.15) is 5.56 Å². The third kappa shape index (κ3) is 3.26. The average molecular weight is 323 g/mol. The summed E-state index contributed by atoms with van der Waals surface area (Å²) in [5.41, 5.74) is 4.92. The van der Waals surface area contributed by atoms with E-state index in [4.69, 9.17) is 33.7 Å². The number of nitrogen functional groups attached to an aromatic ring is 1. The molecule has 0 fully saturated rings. The maximum atomic E-state index is 12.5. The summed E-state index contributed by atoms with van der Waals surface area (Å²) in [4.78, 5) is 3.54. The number of hydrogen-bond donors (Lipinski definition) is 1. The Bertz CT molecular complexity index is 647. The normalized spacial score (nSPS) is 11.4. The van der Waals surface area contributed by atoms with Gasteiger partial charge in [-0.3, -0.25) is 0 Å². The number of aromatic nitrogens is 1. The van der Waals surface area contributed by atoms with E-state index >= 15 is 0 Å². The van der Waals surface area contributed by atoms with Crippen molar-refractivity contribution in [3.05, 3.63) is 46.1 Å². The Hall–Kier alpha value is -1.66.